The molecule has 0 saturated carbocycles. The maximum absolute atomic E-state index is 11.9. The van der Waals surface area contributed by atoms with Crippen molar-refractivity contribution in [2.45, 2.75) is 71.1 Å². The minimum atomic E-state index is -2.15. The van der Waals surface area contributed by atoms with Gasteiger partial charge in [0.25, 0.3) is 0 Å². The zero-order valence-electron chi connectivity index (χ0n) is 13.9. The molecule has 0 spiro atoms. The third-order valence-electron chi connectivity index (χ3n) is 3.83. The molecule has 4 heteroatoms. The van der Waals surface area contributed by atoms with Crippen molar-refractivity contribution >= 4 is 13.3 Å². The highest BCUT2D eigenvalue weighted by atomic mass is 31.1. The van der Waals surface area contributed by atoms with Gasteiger partial charge in [0, 0.05) is 5.30 Å². The molecule has 3 nitrogen and oxygen atoms in total. The predicted octanol–water partition coefficient (Wildman–Crippen LogP) is 5.43. The molecule has 0 aliphatic rings. The van der Waals surface area contributed by atoms with Crippen LogP contribution in [0.1, 0.15) is 71.1 Å². The molecule has 0 aliphatic heterocycles. The van der Waals surface area contributed by atoms with Crippen LogP contribution in [0.2, 0.25) is 0 Å². The molecule has 1 unspecified atom stereocenters. The van der Waals surface area contributed by atoms with E-state index in [1.807, 2.05) is 0 Å². The van der Waals surface area contributed by atoms with Crippen molar-refractivity contribution in [1.82, 2.24) is 0 Å². The smallest absolute Gasteiger partial charge is 0.220 e. The van der Waals surface area contributed by atoms with Gasteiger partial charge in [-0.3, -0.25) is 4.57 Å². The number of rotatable bonds is 13. The lowest BCUT2D eigenvalue weighted by atomic mass is 10.1. The summed E-state index contributed by atoms with van der Waals surface area (Å²) in [5, 5.41) is 9.86. The Morgan fingerprint density at radius 1 is 0.864 bits per heavy atom. The molecule has 0 aliphatic carbocycles. The Morgan fingerprint density at radius 3 is 1.91 bits per heavy atom. The van der Waals surface area contributed by atoms with Crippen LogP contribution in [-0.4, -0.2) is 11.7 Å². The molecule has 1 N–H and O–H groups in total. The highest BCUT2D eigenvalue weighted by molar-refractivity contribution is 7.48. The third kappa shape index (κ3) is 9.27. The maximum Gasteiger partial charge on any atom is 0.220 e. The molecule has 0 radical (unpaired) electrons. The number of unbranched alkanes of at least 4 members (excludes halogenated alkanes) is 9. The first-order chi connectivity index (χ1) is 10.7. The Hall–Kier alpha value is -0.790. The van der Waals surface area contributed by atoms with E-state index in [1.54, 1.807) is 24.3 Å². The summed E-state index contributed by atoms with van der Waals surface area (Å²) in [6, 6.07) is 6.41. The van der Waals surface area contributed by atoms with Crippen molar-refractivity contribution in [3.8, 4) is 5.75 Å². The highest BCUT2D eigenvalue weighted by Crippen LogP contribution is 2.23. The average Bonchev–Trinajstić information content (AvgIpc) is 2.53. The summed E-state index contributed by atoms with van der Waals surface area (Å²) in [6.07, 6.45) is 12.8. The average molecular weight is 326 g/mol. The molecule has 0 bridgehead atoms. The van der Waals surface area contributed by atoms with Gasteiger partial charge in [0.05, 0.1) is 6.61 Å². The number of hydrogen-bond acceptors (Lipinski definition) is 3. The Labute approximate surface area is 136 Å². The van der Waals surface area contributed by atoms with E-state index in [4.69, 9.17) is 4.52 Å². The van der Waals surface area contributed by atoms with Crippen LogP contribution >= 0.6 is 8.03 Å². The van der Waals surface area contributed by atoms with Gasteiger partial charge in [0.1, 0.15) is 5.75 Å². The van der Waals surface area contributed by atoms with Gasteiger partial charge >= 0.3 is 0 Å². The maximum atomic E-state index is 11.9. The molecule has 0 amide bonds. The van der Waals surface area contributed by atoms with Gasteiger partial charge in [0.15, 0.2) is 0 Å². The Bertz CT molecular complexity index is 403. The molecular formula is C18H31O3P. The molecule has 126 valence electrons. The quantitative estimate of drug-likeness (QED) is 0.388. The van der Waals surface area contributed by atoms with E-state index in [-0.39, 0.29) is 5.75 Å². The van der Waals surface area contributed by atoms with Crippen molar-refractivity contribution in [2.75, 3.05) is 6.61 Å². The Kier molecular flexibility index (Phi) is 11.1. The molecule has 1 atom stereocenters. The first kappa shape index (κ1) is 19.3. The molecule has 0 aromatic heterocycles. The summed E-state index contributed by atoms with van der Waals surface area (Å²) >= 11 is 0. The lowest BCUT2D eigenvalue weighted by Gasteiger charge is -2.05. The van der Waals surface area contributed by atoms with Crippen molar-refractivity contribution in [3.63, 3.8) is 0 Å². The van der Waals surface area contributed by atoms with Gasteiger partial charge in [0.2, 0.25) is 8.03 Å². The second-order valence-electron chi connectivity index (χ2n) is 5.86. The summed E-state index contributed by atoms with van der Waals surface area (Å²) in [5.41, 5.74) is 0. The summed E-state index contributed by atoms with van der Waals surface area (Å²) in [6.45, 7) is 2.81. The molecular weight excluding hydrogens is 295 g/mol. The van der Waals surface area contributed by atoms with Crippen molar-refractivity contribution < 1.29 is 14.2 Å². The molecule has 0 saturated heterocycles. The molecule has 0 heterocycles. The SMILES string of the molecule is CCCCCCCCCCCCO[PH](=O)c1ccc(O)cc1. The topological polar surface area (TPSA) is 46.5 Å². The first-order valence-corrected chi connectivity index (χ1v) is 10.0. The molecule has 22 heavy (non-hydrogen) atoms. The van der Waals surface area contributed by atoms with E-state index < -0.39 is 8.03 Å². The van der Waals surface area contributed by atoms with Gasteiger partial charge < -0.3 is 9.63 Å². The summed E-state index contributed by atoms with van der Waals surface area (Å²) in [7, 11) is -2.15. The number of aromatic hydroxyl groups is 1. The third-order valence-corrected chi connectivity index (χ3v) is 5.11. The van der Waals surface area contributed by atoms with Crippen LogP contribution < -0.4 is 5.30 Å². The summed E-state index contributed by atoms with van der Waals surface area (Å²) < 4.78 is 17.3. The van der Waals surface area contributed by atoms with Crippen LogP contribution in [0.15, 0.2) is 24.3 Å². The fourth-order valence-corrected chi connectivity index (χ4v) is 3.37. The van der Waals surface area contributed by atoms with Gasteiger partial charge in [-0.05, 0) is 30.7 Å². The normalized spacial score (nSPS) is 12.4. The summed E-state index contributed by atoms with van der Waals surface area (Å²) in [5.74, 6) is 0.188. The number of hydrogen-bond donors (Lipinski definition) is 1. The highest BCUT2D eigenvalue weighted by Gasteiger charge is 2.03. The number of phenolic OH excluding ortho intramolecular Hbond substituents is 1. The minimum absolute atomic E-state index is 0.188. The van der Waals surface area contributed by atoms with Crippen LogP contribution in [0.5, 0.6) is 5.75 Å². The Balaban J connectivity index is 1.93. The van der Waals surface area contributed by atoms with Gasteiger partial charge in [-0.1, -0.05) is 64.7 Å². The van der Waals surface area contributed by atoms with Crippen molar-refractivity contribution in [3.05, 3.63) is 24.3 Å². The van der Waals surface area contributed by atoms with Crippen molar-refractivity contribution in [1.29, 1.82) is 0 Å². The first-order valence-electron chi connectivity index (χ1n) is 8.70. The van der Waals surface area contributed by atoms with E-state index >= 15 is 0 Å². The van der Waals surface area contributed by atoms with E-state index in [1.165, 1.54) is 51.4 Å². The number of benzene rings is 1. The molecule has 1 aromatic carbocycles. The standard InChI is InChI=1S/C18H31O3P/c1-2-3-4-5-6-7-8-9-10-11-16-21-22(20)18-14-12-17(19)13-15-18/h12-15,19,22H,2-11,16H2,1H3. The van der Waals surface area contributed by atoms with Crippen molar-refractivity contribution in [2.24, 2.45) is 0 Å². The van der Waals surface area contributed by atoms with Crippen LogP contribution in [0, 0.1) is 0 Å². The fraction of sp³-hybridized carbons (Fsp3) is 0.667. The molecule has 1 rings (SSSR count). The minimum Gasteiger partial charge on any atom is -0.508 e. The van der Waals surface area contributed by atoms with E-state index in [0.717, 1.165) is 12.8 Å². The second kappa shape index (κ2) is 12.7. The number of phenols is 1. The predicted molar refractivity (Wildman–Crippen MR) is 94.5 cm³/mol. The molecule has 0 fully saturated rings. The van der Waals surface area contributed by atoms with E-state index in [0.29, 0.717) is 11.9 Å². The van der Waals surface area contributed by atoms with Crippen LogP contribution in [0.25, 0.3) is 0 Å². The second-order valence-corrected chi connectivity index (χ2v) is 7.31. The van der Waals surface area contributed by atoms with Crippen LogP contribution in [-0.2, 0) is 9.09 Å². The van der Waals surface area contributed by atoms with Crippen LogP contribution in [0.4, 0.5) is 0 Å². The molecule has 1 aromatic rings. The van der Waals surface area contributed by atoms with E-state index in [9.17, 15) is 9.67 Å². The van der Waals surface area contributed by atoms with Gasteiger partial charge in [-0.15, -0.1) is 0 Å². The van der Waals surface area contributed by atoms with E-state index in [2.05, 4.69) is 6.92 Å². The lowest BCUT2D eigenvalue weighted by Crippen LogP contribution is -1.98. The monoisotopic (exact) mass is 326 g/mol. The van der Waals surface area contributed by atoms with Gasteiger partial charge in [-0.2, -0.15) is 0 Å². The van der Waals surface area contributed by atoms with Crippen LogP contribution in [0.3, 0.4) is 0 Å². The summed E-state index contributed by atoms with van der Waals surface area (Å²) in [4.78, 5) is 0. The zero-order chi connectivity index (χ0) is 16.0. The Morgan fingerprint density at radius 2 is 1.36 bits per heavy atom. The lowest BCUT2D eigenvalue weighted by molar-refractivity contribution is 0.321. The fourth-order valence-electron chi connectivity index (χ4n) is 2.44. The van der Waals surface area contributed by atoms with Gasteiger partial charge in [-0.25, -0.2) is 0 Å². The zero-order valence-corrected chi connectivity index (χ0v) is 14.9. The largest absolute Gasteiger partial charge is 0.508 e.